The topological polar surface area (TPSA) is 24.9 Å². The van der Waals surface area contributed by atoms with E-state index < -0.39 is 0 Å². The number of hydrogen-bond donors (Lipinski definition) is 0. The van der Waals surface area contributed by atoms with Gasteiger partial charge in [-0.05, 0) is 49.7 Å². The molecular formula is C21H27FN2O2. The molecule has 0 aromatic heterocycles. The highest BCUT2D eigenvalue weighted by molar-refractivity contribution is 5.58. The Hall–Kier alpha value is -2.27. The lowest BCUT2D eigenvalue weighted by molar-refractivity contribution is 0.224. The van der Waals surface area contributed by atoms with Crippen molar-refractivity contribution in [2.24, 2.45) is 0 Å². The number of halogens is 1. The molecule has 5 heteroatoms. The van der Waals surface area contributed by atoms with Crippen LogP contribution in [0.25, 0.3) is 0 Å². The van der Waals surface area contributed by atoms with Crippen LogP contribution in [-0.2, 0) is 0 Å². The number of nitrogens with zero attached hydrogens (tertiary/aromatic N) is 2. The number of benzene rings is 2. The van der Waals surface area contributed by atoms with Crippen LogP contribution in [0.4, 0.5) is 10.1 Å². The normalized spacial score (nSPS) is 15.1. The van der Waals surface area contributed by atoms with E-state index in [0.29, 0.717) is 13.2 Å². The van der Waals surface area contributed by atoms with Gasteiger partial charge in [-0.1, -0.05) is 12.1 Å². The highest BCUT2D eigenvalue weighted by Gasteiger charge is 2.19. The molecule has 0 bridgehead atoms. The van der Waals surface area contributed by atoms with Crippen LogP contribution in [0, 0.1) is 5.82 Å². The maximum Gasteiger partial charge on any atom is 0.142 e. The Morgan fingerprint density at radius 2 is 1.65 bits per heavy atom. The summed E-state index contributed by atoms with van der Waals surface area (Å²) in [6, 6.07) is 14.5. The lowest BCUT2D eigenvalue weighted by Gasteiger charge is -2.36. The minimum Gasteiger partial charge on any atom is -0.494 e. The highest BCUT2D eigenvalue weighted by Crippen LogP contribution is 2.28. The summed E-state index contributed by atoms with van der Waals surface area (Å²) < 4.78 is 24.3. The standard InChI is InChI=1S/C21H27FN2O2/c1-2-25-21-7-4-3-6-20(21)24-15-13-23(14-16-24)12-5-17-26-19-10-8-18(22)9-11-19/h3-4,6-11H,2,5,12-17H2,1H3. The van der Waals surface area contributed by atoms with Crippen LogP contribution >= 0.6 is 0 Å². The molecule has 0 atom stereocenters. The summed E-state index contributed by atoms with van der Waals surface area (Å²) in [5.41, 5.74) is 1.19. The largest absolute Gasteiger partial charge is 0.494 e. The van der Waals surface area contributed by atoms with Gasteiger partial charge in [0, 0.05) is 32.7 Å². The number of piperazine rings is 1. The van der Waals surface area contributed by atoms with E-state index in [-0.39, 0.29) is 5.82 Å². The Balaban J connectivity index is 1.39. The Kier molecular flexibility index (Phi) is 6.72. The number of hydrogen-bond acceptors (Lipinski definition) is 4. The molecule has 0 amide bonds. The van der Waals surface area contributed by atoms with Gasteiger partial charge in [-0.3, -0.25) is 4.90 Å². The van der Waals surface area contributed by atoms with Crippen molar-refractivity contribution in [1.82, 2.24) is 4.90 Å². The summed E-state index contributed by atoms with van der Waals surface area (Å²) in [6.45, 7) is 8.45. The van der Waals surface area contributed by atoms with E-state index in [1.807, 2.05) is 19.1 Å². The molecule has 1 aliphatic heterocycles. The van der Waals surface area contributed by atoms with Crippen molar-refractivity contribution in [3.8, 4) is 11.5 Å². The molecule has 0 unspecified atom stereocenters. The van der Waals surface area contributed by atoms with Crippen molar-refractivity contribution in [1.29, 1.82) is 0 Å². The molecule has 0 radical (unpaired) electrons. The first-order chi connectivity index (χ1) is 12.8. The van der Waals surface area contributed by atoms with Gasteiger partial charge in [0.25, 0.3) is 0 Å². The van der Waals surface area contributed by atoms with Gasteiger partial charge >= 0.3 is 0 Å². The Morgan fingerprint density at radius 1 is 0.923 bits per heavy atom. The molecule has 0 N–H and O–H groups in total. The van der Waals surface area contributed by atoms with E-state index in [1.54, 1.807) is 12.1 Å². The molecule has 26 heavy (non-hydrogen) atoms. The van der Waals surface area contributed by atoms with E-state index in [1.165, 1.54) is 17.8 Å². The summed E-state index contributed by atoms with van der Waals surface area (Å²) in [5, 5.41) is 0. The molecule has 140 valence electrons. The van der Waals surface area contributed by atoms with E-state index in [4.69, 9.17) is 9.47 Å². The van der Waals surface area contributed by atoms with Gasteiger partial charge in [0.05, 0.1) is 18.9 Å². The van der Waals surface area contributed by atoms with Gasteiger partial charge in [0.1, 0.15) is 17.3 Å². The molecule has 0 spiro atoms. The average Bonchev–Trinajstić information content (AvgIpc) is 2.68. The first-order valence-corrected chi connectivity index (χ1v) is 9.34. The van der Waals surface area contributed by atoms with Gasteiger partial charge in [-0.15, -0.1) is 0 Å². The SMILES string of the molecule is CCOc1ccccc1N1CCN(CCCOc2ccc(F)cc2)CC1. The quantitative estimate of drug-likeness (QED) is 0.670. The maximum absolute atomic E-state index is 12.9. The van der Waals surface area contributed by atoms with Crippen molar-refractivity contribution < 1.29 is 13.9 Å². The number of para-hydroxylation sites is 2. The second-order valence-corrected chi connectivity index (χ2v) is 6.39. The predicted octanol–water partition coefficient (Wildman–Crippen LogP) is 3.82. The second-order valence-electron chi connectivity index (χ2n) is 6.39. The first kappa shape index (κ1) is 18.5. The fourth-order valence-corrected chi connectivity index (χ4v) is 3.22. The molecule has 1 heterocycles. The summed E-state index contributed by atoms with van der Waals surface area (Å²) in [7, 11) is 0. The van der Waals surface area contributed by atoms with Gasteiger partial charge < -0.3 is 14.4 Å². The lowest BCUT2D eigenvalue weighted by Crippen LogP contribution is -2.46. The van der Waals surface area contributed by atoms with Crippen LogP contribution < -0.4 is 14.4 Å². The van der Waals surface area contributed by atoms with Crippen LogP contribution in [0.2, 0.25) is 0 Å². The molecule has 0 aliphatic carbocycles. The van der Waals surface area contributed by atoms with E-state index in [0.717, 1.165) is 50.6 Å². The fraction of sp³-hybridized carbons (Fsp3) is 0.429. The summed E-state index contributed by atoms with van der Waals surface area (Å²) >= 11 is 0. The Morgan fingerprint density at radius 3 is 2.38 bits per heavy atom. The monoisotopic (exact) mass is 358 g/mol. The van der Waals surface area contributed by atoms with Crippen LogP contribution in [0.15, 0.2) is 48.5 Å². The van der Waals surface area contributed by atoms with Crippen molar-refractivity contribution in [2.75, 3.05) is 50.8 Å². The highest BCUT2D eigenvalue weighted by atomic mass is 19.1. The van der Waals surface area contributed by atoms with Crippen molar-refractivity contribution in [3.63, 3.8) is 0 Å². The summed E-state index contributed by atoms with van der Waals surface area (Å²) in [6.07, 6.45) is 0.965. The van der Waals surface area contributed by atoms with E-state index >= 15 is 0 Å². The van der Waals surface area contributed by atoms with Crippen LogP contribution in [0.1, 0.15) is 13.3 Å². The fourth-order valence-electron chi connectivity index (χ4n) is 3.22. The maximum atomic E-state index is 12.9. The molecular weight excluding hydrogens is 331 g/mol. The third-order valence-corrected chi connectivity index (χ3v) is 4.58. The molecule has 3 rings (SSSR count). The van der Waals surface area contributed by atoms with Gasteiger partial charge in [-0.2, -0.15) is 0 Å². The summed E-state index contributed by atoms with van der Waals surface area (Å²) in [5.74, 6) is 1.46. The van der Waals surface area contributed by atoms with Gasteiger partial charge in [0.15, 0.2) is 0 Å². The molecule has 1 fully saturated rings. The van der Waals surface area contributed by atoms with E-state index in [9.17, 15) is 4.39 Å². The van der Waals surface area contributed by atoms with Crippen LogP contribution in [0.3, 0.4) is 0 Å². The third kappa shape index (κ3) is 5.11. The second kappa shape index (κ2) is 9.43. The average molecular weight is 358 g/mol. The summed E-state index contributed by atoms with van der Waals surface area (Å²) in [4.78, 5) is 4.87. The number of rotatable bonds is 8. The zero-order valence-corrected chi connectivity index (χ0v) is 15.4. The number of anilines is 1. The minimum absolute atomic E-state index is 0.235. The van der Waals surface area contributed by atoms with Crippen molar-refractivity contribution in [3.05, 3.63) is 54.3 Å². The van der Waals surface area contributed by atoms with Gasteiger partial charge in [0.2, 0.25) is 0 Å². The smallest absolute Gasteiger partial charge is 0.142 e. The lowest BCUT2D eigenvalue weighted by atomic mass is 10.2. The molecule has 2 aromatic carbocycles. The molecule has 1 aliphatic rings. The van der Waals surface area contributed by atoms with Gasteiger partial charge in [-0.25, -0.2) is 4.39 Å². The van der Waals surface area contributed by atoms with Crippen LogP contribution in [0.5, 0.6) is 11.5 Å². The number of ether oxygens (including phenoxy) is 2. The third-order valence-electron chi connectivity index (χ3n) is 4.58. The Labute approximate surface area is 155 Å². The van der Waals surface area contributed by atoms with Crippen LogP contribution in [-0.4, -0.2) is 50.8 Å². The molecule has 4 nitrogen and oxygen atoms in total. The molecule has 0 saturated carbocycles. The minimum atomic E-state index is -0.235. The molecule has 2 aromatic rings. The first-order valence-electron chi connectivity index (χ1n) is 9.34. The predicted molar refractivity (Wildman–Crippen MR) is 103 cm³/mol. The molecule has 1 saturated heterocycles. The van der Waals surface area contributed by atoms with Crippen molar-refractivity contribution >= 4 is 5.69 Å². The van der Waals surface area contributed by atoms with E-state index in [2.05, 4.69) is 21.9 Å². The van der Waals surface area contributed by atoms with Crippen molar-refractivity contribution in [2.45, 2.75) is 13.3 Å². The Bertz CT molecular complexity index is 670. The zero-order valence-electron chi connectivity index (χ0n) is 15.4. The zero-order chi connectivity index (χ0) is 18.2.